The van der Waals surface area contributed by atoms with E-state index in [1.807, 2.05) is 6.92 Å². The molecule has 1 heterocycles. The molecule has 2 rings (SSSR count). The van der Waals surface area contributed by atoms with Crippen molar-refractivity contribution in [2.45, 2.75) is 13.3 Å². The molecule has 0 amide bonds. The van der Waals surface area contributed by atoms with E-state index in [1.165, 1.54) is 25.3 Å². The van der Waals surface area contributed by atoms with Gasteiger partial charge in [-0.15, -0.1) is 4.98 Å². The molecule has 1 aromatic carbocycles. The van der Waals surface area contributed by atoms with E-state index in [9.17, 15) is 4.39 Å². The van der Waals surface area contributed by atoms with Crippen molar-refractivity contribution >= 4 is 21.9 Å². The number of ether oxygens (including phenoxy) is 2. The number of rotatable bonds is 6. The Labute approximate surface area is 129 Å². The Morgan fingerprint density at radius 2 is 2.00 bits per heavy atom. The van der Waals surface area contributed by atoms with Gasteiger partial charge in [0.25, 0.3) is 0 Å². The topological polar surface area (TPSA) is 69.2 Å². The first-order valence-corrected chi connectivity index (χ1v) is 7.08. The highest BCUT2D eigenvalue weighted by atomic mass is 79.9. The van der Waals surface area contributed by atoms with Crippen molar-refractivity contribution in [3.05, 3.63) is 28.5 Å². The van der Waals surface area contributed by atoms with Crippen LogP contribution in [0, 0.1) is 5.82 Å². The smallest absolute Gasteiger partial charge is 0.330 e. The van der Waals surface area contributed by atoms with Gasteiger partial charge in [-0.05, 0) is 40.5 Å². The minimum Gasteiger partial charge on any atom is -0.467 e. The molecule has 0 atom stereocenters. The number of halogens is 2. The number of hydrogen-bond donors (Lipinski definition) is 1. The number of benzene rings is 1. The van der Waals surface area contributed by atoms with Crippen molar-refractivity contribution in [3.63, 3.8) is 0 Å². The average molecular weight is 357 g/mol. The Hall–Kier alpha value is -1.96. The molecule has 6 nitrogen and oxygen atoms in total. The average Bonchev–Trinajstić information content (AvgIpc) is 2.48. The van der Waals surface area contributed by atoms with Crippen molar-refractivity contribution in [1.29, 1.82) is 0 Å². The van der Waals surface area contributed by atoms with Crippen LogP contribution in [-0.4, -0.2) is 28.6 Å². The third kappa shape index (κ3) is 4.25. The standard InChI is InChI=1S/C13H14BrFN4O2/c1-3-6-16-11-17-12(20-2)19-13(18-11)21-10-5-4-8(15)7-9(10)14/h4-5,7H,3,6H2,1-2H3,(H,16,17,18,19). The van der Waals surface area contributed by atoms with Gasteiger partial charge < -0.3 is 14.8 Å². The first-order valence-electron chi connectivity index (χ1n) is 6.29. The zero-order chi connectivity index (χ0) is 15.2. The second-order valence-electron chi connectivity index (χ2n) is 4.03. The molecule has 0 aliphatic carbocycles. The summed E-state index contributed by atoms with van der Waals surface area (Å²) < 4.78 is 24.1. The number of hydrogen-bond acceptors (Lipinski definition) is 6. The van der Waals surface area contributed by atoms with E-state index in [0.29, 0.717) is 22.7 Å². The lowest BCUT2D eigenvalue weighted by Gasteiger charge is -2.09. The molecule has 0 aliphatic rings. The lowest BCUT2D eigenvalue weighted by molar-refractivity contribution is 0.359. The van der Waals surface area contributed by atoms with Crippen LogP contribution in [0.25, 0.3) is 0 Å². The molecule has 0 saturated carbocycles. The van der Waals surface area contributed by atoms with Gasteiger partial charge in [0.15, 0.2) is 0 Å². The molecule has 8 heteroatoms. The van der Waals surface area contributed by atoms with Crippen LogP contribution in [0.3, 0.4) is 0 Å². The maximum Gasteiger partial charge on any atom is 0.330 e. The van der Waals surface area contributed by atoms with Gasteiger partial charge in [0.2, 0.25) is 5.95 Å². The Morgan fingerprint density at radius 1 is 1.24 bits per heavy atom. The highest BCUT2D eigenvalue weighted by Gasteiger charge is 2.11. The predicted molar refractivity (Wildman–Crippen MR) is 79.3 cm³/mol. The molecule has 0 unspecified atom stereocenters. The second kappa shape index (κ2) is 7.16. The van der Waals surface area contributed by atoms with Crippen molar-refractivity contribution in [2.75, 3.05) is 19.0 Å². The van der Waals surface area contributed by atoms with Crippen LogP contribution in [-0.2, 0) is 0 Å². The zero-order valence-corrected chi connectivity index (χ0v) is 13.1. The summed E-state index contributed by atoms with van der Waals surface area (Å²) in [4.78, 5) is 12.2. The van der Waals surface area contributed by atoms with E-state index in [0.717, 1.165) is 6.42 Å². The van der Waals surface area contributed by atoms with E-state index in [4.69, 9.17) is 9.47 Å². The number of anilines is 1. The van der Waals surface area contributed by atoms with Crippen LogP contribution in [0.2, 0.25) is 0 Å². The maximum atomic E-state index is 13.1. The summed E-state index contributed by atoms with van der Waals surface area (Å²) in [5, 5.41) is 3.03. The summed E-state index contributed by atoms with van der Waals surface area (Å²) in [6, 6.07) is 4.26. The lowest BCUT2D eigenvalue weighted by atomic mass is 10.3. The lowest BCUT2D eigenvalue weighted by Crippen LogP contribution is -2.07. The van der Waals surface area contributed by atoms with Gasteiger partial charge in [0.1, 0.15) is 11.6 Å². The summed E-state index contributed by atoms with van der Waals surface area (Å²) in [6.07, 6.45) is 0.924. The second-order valence-corrected chi connectivity index (χ2v) is 4.89. The summed E-state index contributed by atoms with van der Waals surface area (Å²) >= 11 is 3.22. The van der Waals surface area contributed by atoms with Crippen LogP contribution in [0.1, 0.15) is 13.3 Å². The molecule has 0 radical (unpaired) electrons. The van der Waals surface area contributed by atoms with Crippen LogP contribution in [0.5, 0.6) is 17.8 Å². The van der Waals surface area contributed by atoms with Gasteiger partial charge in [-0.25, -0.2) is 4.39 Å². The maximum absolute atomic E-state index is 13.1. The van der Waals surface area contributed by atoms with E-state index >= 15 is 0 Å². The molecule has 2 aromatic rings. The summed E-state index contributed by atoms with van der Waals surface area (Å²) in [6.45, 7) is 2.74. The normalized spacial score (nSPS) is 10.3. The van der Waals surface area contributed by atoms with Crippen molar-refractivity contribution in [3.8, 4) is 17.8 Å². The van der Waals surface area contributed by atoms with Gasteiger partial charge in [-0.2, -0.15) is 9.97 Å². The van der Waals surface area contributed by atoms with Gasteiger partial charge in [-0.1, -0.05) is 6.92 Å². The molecule has 0 aliphatic heterocycles. The molecule has 1 N–H and O–H groups in total. The monoisotopic (exact) mass is 356 g/mol. The van der Waals surface area contributed by atoms with Gasteiger partial charge >= 0.3 is 12.0 Å². The summed E-state index contributed by atoms with van der Waals surface area (Å²) in [5.41, 5.74) is 0. The van der Waals surface area contributed by atoms with E-state index in [1.54, 1.807) is 0 Å². The van der Waals surface area contributed by atoms with Crippen LogP contribution >= 0.6 is 15.9 Å². The highest BCUT2D eigenvalue weighted by Crippen LogP contribution is 2.29. The number of nitrogens with one attached hydrogen (secondary N) is 1. The molecule has 21 heavy (non-hydrogen) atoms. The van der Waals surface area contributed by atoms with Gasteiger partial charge in [0.05, 0.1) is 11.6 Å². The number of nitrogens with zero attached hydrogens (tertiary/aromatic N) is 3. The fourth-order valence-corrected chi connectivity index (χ4v) is 1.88. The van der Waals surface area contributed by atoms with Gasteiger partial charge in [0, 0.05) is 6.54 Å². The van der Waals surface area contributed by atoms with Crippen LogP contribution in [0.4, 0.5) is 10.3 Å². The Morgan fingerprint density at radius 3 is 2.67 bits per heavy atom. The molecule has 112 valence electrons. The minimum absolute atomic E-state index is 0.0627. The Bertz CT molecular complexity index is 627. The molecular formula is C13H14BrFN4O2. The molecule has 0 spiro atoms. The molecule has 0 bridgehead atoms. The fourth-order valence-electron chi connectivity index (χ4n) is 1.45. The van der Waals surface area contributed by atoms with Crippen molar-refractivity contribution in [1.82, 2.24) is 15.0 Å². The van der Waals surface area contributed by atoms with Crippen molar-refractivity contribution < 1.29 is 13.9 Å². The summed E-state index contributed by atoms with van der Waals surface area (Å²) in [5.74, 6) is 0.385. The first-order chi connectivity index (χ1) is 10.1. The third-order valence-electron chi connectivity index (χ3n) is 2.41. The number of aromatic nitrogens is 3. The largest absolute Gasteiger partial charge is 0.467 e. The number of methoxy groups -OCH3 is 1. The minimum atomic E-state index is -0.368. The van der Waals surface area contributed by atoms with Crippen LogP contribution in [0.15, 0.2) is 22.7 Å². The molecule has 1 aromatic heterocycles. The van der Waals surface area contributed by atoms with Gasteiger partial charge in [-0.3, -0.25) is 0 Å². The molecular weight excluding hydrogens is 343 g/mol. The SMILES string of the molecule is CCCNc1nc(OC)nc(Oc2ccc(F)cc2Br)n1. The van der Waals surface area contributed by atoms with E-state index < -0.39 is 0 Å². The van der Waals surface area contributed by atoms with Crippen molar-refractivity contribution in [2.24, 2.45) is 0 Å². The Kier molecular flexibility index (Phi) is 5.26. The predicted octanol–water partition coefficient (Wildman–Crippen LogP) is 3.40. The first kappa shape index (κ1) is 15.4. The Balaban J connectivity index is 2.25. The fraction of sp³-hybridized carbons (Fsp3) is 0.308. The van der Waals surface area contributed by atoms with E-state index in [2.05, 4.69) is 36.2 Å². The zero-order valence-electron chi connectivity index (χ0n) is 11.6. The molecule has 0 fully saturated rings. The van der Waals surface area contributed by atoms with E-state index in [-0.39, 0.29) is 17.8 Å². The third-order valence-corrected chi connectivity index (χ3v) is 3.02. The summed E-state index contributed by atoms with van der Waals surface area (Å²) in [7, 11) is 1.45. The highest BCUT2D eigenvalue weighted by molar-refractivity contribution is 9.10. The molecule has 0 saturated heterocycles. The quantitative estimate of drug-likeness (QED) is 0.855. The van der Waals surface area contributed by atoms with Crippen LogP contribution < -0.4 is 14.8 Å².